The van der Waals surface area contributed by atoms with Gasteiger partial charge in [0.15, 0.2) is 0 Å². The first-order valence-electron chi connectivity index (χ1n) is 5.70. The minimum Gasteiger partial charge on any atom is -0.308 e. The summed E-state index contributed by atoms with van der Waals surface area (Å²) < 4.78 is 0. The maximum atomic E-state index is 3.49. The molecule has 2 heteroatoms. The zero-order chi connectivity index (χ0) is 11.2. The van der Waals surface area contributed by atoms with Crippen LogP contribution in [0.25, 0.3) is 0 Å². The molecule has 0 radical (unpaired) electrons. The summed E-state index contributed by atoms with van der Waals surface area (Å²) >= 11 is 1.81. The topological polar surface area (TPSA) is 12.0 Å². The molecule has 2 rings (SSSR count). The fraction of sp³-hybridized carbons (Fsp3) is 0.286. The molecule has 0 saturated heterocycles. The Bertz CT molecular complexity index is 420. The van der Waals surface area contributed by atoms with E-state index in [0.29, 0.717) is 0 Å². The van der Waals surface area contributed by atoms with Gasteiger partial charge in [0.25, 0.3) is 0 Å². The predicted octanol–water partition coefficient (Wildman–Crippen LogP) is 3.60. The first-order valence-corrected chi connectivity index (χ1v) is 6.58. The van der Waals surface area contributed by atoms with Gasteiger partial charge in [-0.15, -0.1) is 11.3 Å². The molecular formula is C14H17NS. The van der Waals surface area contributed by atoms with Crippen LogP contribution in [-0.2, 0) is 19.5 Å². The van der Waals surface area contributed by atoms with Gasteiger partial charge in [0.05, 0.1) is 0 Å². The average molecular weight is 231 g/mol. The van der Waals surface area contributed by atoms with E-state index in [-0.39, 0.29) is 0 Å². The highest BCUT2D eigenvalue weighted by Crippen LogP contribution is 2.11. The van der Waals surface area contributed by atoms with E-state index >= 15 is 0 Å². The quantitative estimate of drug-likeness (QED) is 0.829. The monoisotopic (exact) mass is 231 g/mol. The Balaban J connectivity index is 1.89. The molecule has 0 spiro atoms. The van der Waals surface area contributed by atoms with Gasteiger partial charge in [0.2, 0.25) is 0 Å². The van der Waals surface area contributed by atoms with Gasteiger partial charge in [-0.2, -0.15) is 0 Å². The van der Waals surface area contributed by atoms with Crippen molar-refractivity contribution in [3.63, 3.8) is 0 Å². The van der Waals surface area contributed by atoms with E-state index in [1.165, 1.54) is 16.0 Å². The van der Waals surface area contributed by atoms with Gasteiger partial charge < -0.3 is 5.32 Å². The number of aryl methyl sites for hydroxylation is 1. The van der Waals surface area contributed by atoms with E-state index in [4.69, 9.17) is 0 Å². The lowest BCUT2D eigenvalue weighted by molar-refractivity contribution is 0.695. The lowest BCUT2D eigenvalue weighted by Crippen LogP contribution is -2.13. The van der Waals surface area contributed by atoms with Gasteiger partial charge in [-0.05, 0) is 29.0 Å². The zero-order valence-electron chi connectivity index (χ0n) is 9.57. The minimum atomic E-state index is 0.960. The van der Waals surface area contributed by atoms with E-state index < -0.39 is 0 Å². The molecule has 1 N–H and O–H groups in total. The maximum absolute atomic E-state index is 3.49. The molecule has 0 saturated carbocycles. The molecule has 0 fully saturated rings. The largest absolute Gasteiger partial charge is 0.308 e. The summed E-state index contributed by atoms with van der Waals surface area (Å²) in [7, 11) is 0. The number of hydrogen-bond donors (Lipinski definition) is 1. The van der Waals surface area contributed by atoms with Crippen molar-refractivity contribution in [2.24, 2.45) is 0 Å². The summed E-state index contributed by atoms with van der Waals surface area (Å²) in [6, 6.07) is 12.9. The molecule has 0 unspecified atom stereocenters. The van der Waals surface area contributed by atoms with Crippen LogP contribution in [0, 0.1) is 0 Å². The first kappa shape index (κ1) is 11.4. The van der Waals surface area contributed by atoms with Gasteiger partial charge in [0.1, 0.15) is 0 Å². The lowest BCUT2D eigenvalue weighted by Gasteiger charge is -2.08. The van der Waals surface area contributed by atoms with Gasteiger partial charge in [-0.1, -0.05) is 37.3 Å². The molecule has 2 aromatic rings. The van der Waals surface area contributed by atoms with E-state index in [2.05, 4.69) is 54.0 Å². The summed E-state index contributed by atoms with van der Waals surface area (Å²) in [6.45, 7) is 4.13. The fourth-order valence-electron chi connectivity index (χ4n) is 1.81. The van der Waals surface area contributed by atoms with Crippen molar-refractivity contribution >= 4 is 11.3 Å². The standard InChI is InChI=1S/C14H17NS/c1-2-12-6-3-4-7-13(12)10-15-11-14-8-5-9-16-14/h3-9,15H,2,10-11H2,1H3. The molecule has 1 aromatic heterocycles. The molecule has 0 atom stereocenters. The zero-order valence-corrected chi connectivity index (χ0v) is 10.4. The Labute approximate surface area is 101 Å². The number of hydrogen-bond acceptors (Lipinski definition) is 2. The summed E-state index contributed by atoms with van der Waals surface area (Å²) in [4.78, 5) is 1.40. The second-order valence-corrected chi connectivity index (χ2v) is 4.84. The maximum Gasteiger partial charge on any atom is 0.0302 e. The van der Waals surface area contributed by atoms with Crippen LogP contribution in [0.4, 0.5) is 0 Å². The SMILES string of the molecule is CCc1ccccc1CNCc1cccs1. The van der Waals surface area contributed by atoms with E-state index in [0.717, 1.165) is 19.5 Å². The lowest BCUT2D eigenvalue weighted by atomic mass is 10.1. The molecule has 84 valence electrons. The van der Waals surface area contributed by atoms with Crippen molar-refractivity contribution in [2.45, 2.75) is 26.4 Å². The highest BCUT2D eigenvalue weighted by molar-refractivity contribution is 7.09. The molecule has 0 aliphatic rings. The molecule has 1 nitrogen and oxygen atoms in total. The molecule has 16 heavy (non-hydrogen) atoms. The van der Waals surface area contributed by atoms with Crippen molar-refractivity contribution in [1.82, 2.24) is 5.32 Å². The molecule has 0 aliphatic heterocycles. The summed E-state index contributed by atoms with van der Waals surface area (Å²) in [5, 5.41) is 5.61. The Morgan fingerprint density at radius 3 is 2.50 bits per heavy atom. The highest BCUT2D eigenvalue weighted by atomic mass is 32.1. The van der Waals surface area contributed by atoms with E-state index in [1.807, 2.05) is 0 Å². The second-order valence-electron chi connectivity index (χ2n) is 3.81. The molecule has 0 aliphatic carbocycles. The summed E-state index contributed by atoms with van der Waals surface area (Å²) in [5.74, 6) is 0. The Hall–Kier alpha value is -1.12. The van der Waals surface area contributed by atoms with Crippen LogP contribution >= 0.6 is 11.3 Å². The smallest absolute Gasteiger partial charge is 0.0302 e. The van der Waals surface area contributed by atoms with Gasteiger partial charge in [-0.25, -0.2) is 0 Å². The van der Waals surface area contributed by atoms with E-state index in [9.17, 15) is 0 Å². The molecular weight excluding hydrogens is 214 g/mol. The second kappa shape index (κ2) is 5.83. The predicted molar refractivity (Wildman–Crippen MR) is 70.7 cm³/mol. The van der Waals surface area contributed by atoms with Crippen LogP contribution in [0.5, 0.6) is 0 Å². The summed E-state index contributed by atoms with van der Waals surface area (Å²) in [5.41, 5.74) is 2.86. The van der Waals surface area contributed by atoms with Crippen molar-refractivity contribution in [3.05, 3.63) is 57.8 Å². The minimum absolute atomic E-state index is 0.960. The van der Waals surface area contributed by atoms with Crippen LogP contribution in [0.15, 0.2) is 41.8 Å². The van der Waals surface area contributed by atoms with Crippen LogP contribution in [0.1, 0.15) is 22.9 Å². The van der Waals surface area contributed by atoms with Crippen LogP contribution in [-0.4, -0.2) is 0 Å². The van der Waals surface area contributed by atoms with Crippen molar-refractivity contribution in [1.29, 1.82) is 0 Å². The third-order valence-electron chi connectivity index (χ3n) is 2.69. The van der Waals surface area contributed by atoms with Crippen molar-refractivity contribution in [3.8, 4) is 0 Å². The molecule has 0 bridgehead atoms. The third-order valence-corrected chi connectivity index (χ3v) is 3.57. The molecule has 0 amide bonds. The molecule has 1 heterocycles. The Morgan fingerprint density at radius 1 is 1.00 bits per heavy atom. The highest BCUT2D eigenvalue weighted by Gasteiger charge is 1.99. The average Bonchev–Trinajstić information content (AvgIpc) is 2.83. The van der Waals surface area contributed by atoms with Gasteiger partial charge in [-0.3, -0.25) is 0 Å². The van der Waals surface area contributed by atoms with Crippen LogP contribution in [0.3, 0.4) is 0 Å². The van der Waals surface area contributed by atoms with Crippen molar-refractivity contribution < 1.29 is 0 Å². The Kier molecular flexibility index (Phi) is 4.14. The number of rotatable bonds is 5. The van der Waals surface area contributed by atoms with Crippen molar-refractivity contribution in [2.75, 3.05) is 0 Å². The fourth-order valence-corrected chi connectivity index (χ4v) is 2.48. The first-order chi connectivity index (χ1) is 7.90. The number of thiophene rings is 1. The third kappa shape index (κ3) is 2.94. The Morgan fingerprint density at radius 2 is 1.81 bits per heavy atom. The van der Waals surface area contributed by atoms with Gasteiger partial charge >= 0.3 is 0 Å². The van der Waals surface area contributed by atoms with Crippen LogP contribution in [0.2, 0.25) is 0 Å². The van der Waals surface area contributed by atoms with Crippen LogP contribution < -0.4 is 5.32 Å². The number of nitrogens with one attached hydrogen (secondary N) is 1. The normalized spacial score (nSPS) is 10.6. The van der Waals surface area contributed by atoms with E-state index in [1.54, 1.807) is 11.3 Å². The number of benzene rings is 1. The molecule has 1 aromatic carbocycles. The van der Waals surface area contributed by atoms with Gasteiger partial charge in [0, 0.05) is 18.0 Å². The summed E-state index contributed by atoms with van der Waals surface area (Å²) in [6.07, 6.45) is 1.11.